The zero-order valence-corrected chi connectivity index (χ0v) is 15.5. The summed E-state index contributed by atoms with van der Waals surface area (Å²) in [5.74, 6) is 0. The molecule has 0 aromatic heterocycles. The lowest BCUT2D eigenvalue weighted by Gasteiger charge is -2.59. The van der Waals surface area contributed by atoms with Gasteiger partial charge in [0.25, 0.3) is 0 Å². The highest BCUT2D eigenvalue weighted by atomic mass is 79.9. The van der Waals surface area contributed by atoms with Crippen LogP contribution in [-0.4, -0.2) is 14.5 Å². The van der Waals surface area contributed by atoms with E-state index in [4.69, 9.17) is 11.6 Å². The van der Waals surface area contributed by atoms with E-state index in [1.807, 2.05) is 0 Å². The van der Waals surface area contributed by atoms with Crippen molar-refractivity contribution in [2.24, 2.45) is 10.8 Å². The van der Waals surface area contributed by atoms with Crippen molar-refractivity contribution in [1.29, 1.82) is 0 Å². The minimum Gasteiger partial charge on any atom is -0.118 e. The highest BCUT2D eigenvalue weighted by molar-refractivity contribution is 9.09. The van der Waals surface area contributed by atoms with Gasteiger partial charge >= 0.3 is 0 Å². The molecule has 0 aliphatic heterocycles. The Morgan fingerprint density at radius 2 is 1.78 bits per heavy atom. The van der Waals surface area contributed by atoms with E-state index in [0.717, 1.165) is 19.3 Å². The third kappa shape index (κ3) is 2.15. The van der Waals surface area contributed by atoms with Crippen LogP contribution in [0, 0.1) is 10.8 Å². The maximum atomic E-state index is 6.61. The molecule has 0 amide bonds. The van der Waals surface area contributed by atoms with Gasteiger partial charge in [0.1, 0.15) is 0 Å². The van der Waals surface area contributed by atoms with Gasteiger partial charge < -0.3 is 0 Å². The molecule has 0 heterocycles. The molecule has 2 rings (SSSR count). The summed E-state index contributed by atoms with van der Waals surface area (Å²) in [5, 5.41) is 0. The number of hydrogen-bond donors (Lipinski definition) is 0. The lowest BCUT2D eigenvalue weighted by Crippen LogP contribution is -2.54. The Bertz CT molecular complexity index is 362. The van der Waals surface area contributed by atoms with Crippen molar-refractivity contribution in [3.63, 3.8) is 0 Å². The lowest BCUT2D eigenvalue weighted by atomic mass is 9.50. The number of hydrogen-bond acceptors (Lipinski definition) is 0. The smallest absolute Gasteiger partial charge is 0.0544 e. The fraction of sp³-hybridized carbons (Fsp3) is 0.867. The molecular formula is C15H23Br2Cl. The fourth-order valence-electron chi connectivity index (χ4n) is 3.80. The summed E-state index contributed by atoms with van der Waals surface area (Å²) in [7, 11) is 0. The summed E-state index contributed by atoms with van der Waals surface area (Å²) in [6.45, 7) is 11.4. The summed E-state index contributed by atoms with van der Waals surface area (Å²) in [4.78, 5) is 0.838. The van der Waals surface area contributed by atoms with Gasteiger partial charge in [0.05, 0.1) is 4.87 Å². The molecule has 104 valence electrons. The molecule has 3 heteroatoms. The Hall–Kier alpha value is 0.990. The zero-order chi connectivity index (χ0) is 13.8. The molecule has 0 aromatic rings. The van der Waals surface area contributed by atoms with Crippen LogP contribution in [0.4, 0.5) is 0 Å². The van der Waals surface area contributed by atoms with E-state index < -0.39 is 0 Å². The predicted molar refractivity (Wildman–Crippen MR) is 88.1 cm³/mol. The number of rotatable bonds is 0. The van der Waals surface area contributed by atoms with Crippen molar-refractivity contribution in [3.8, 4) is 0 Å². The van der Waals surface area contributed by atoms with E-state index in [9.17, 15) is 0 Å². The first-order chi connectivity index (χ1) is 8.13. The Balaban J connectivity index is 2.37. The normalized spacial score (nSPS) is 48.4. The Kier molecular flexibility index (Phi) is 4.08. The van der Waals surface area contributed by atoms with E-state index in [2.05, 4.69) is 59.2 Å². The van der Waals surface area contributed by atoms with Crippen LogP contribution in [0.5, 0.6) is 0 Å². The van der Waals surface area contributed by atoms with E-state index in [1.165, 1.54) is 18.4 Å². The second kappa shape index (κ2) is 4.77. The zero-order valence-electron chi connectivity index (χ0n) is 11.5. The molecular weight excluding hydrogens is 375 g/mol. The van der Waals surface area contributed by atoms with Gasteiger partial charge in [-0.25, -0.2) is 0 Å². The molecule has 2 aliphatic carbocycles. The first kappa shape index (κ1) is 15.4. The van der Waals surface area contributed by atoms with Crippen molar-refractivity contribution in [2.45, 2.75) is 67.4 Å². The summed E-state index contributed by atoms with van der Waals surface area (Å²) in [6.07, 6.45) is 5.70. The van der Waals surface area contributed by atoms with E-state index >= 15 is 0 Å². The maximum Gasteiger partial charge on any atom is 0.0544 e. The molecule has 0 bridgehead atoms. The topological polar surface area (TPSA) is 0 Å². The highest BCUT2D eigenvalue weighted by Gasteiger charge is 2.57. The molecule has 0 nitrogen and oxygen atoms in total. The van der Waals surface area contributed by atoms with Crippen LogP contribution in [-0.2, 0) is 0 Å². The molecule has 4 atom stereocenters. The minimum atomic E-state index is -0.110. The van der Waals surface area contributed by atoms with Gasteiger partial charge in [0, 0.05) is 9.65 Å². The largest absolute Gasteiger partial charge is 0.118 e. The first-order valence-electron chi connectivity index (χ1n) is 6.79. The Morgan fingerprint density at radius 1 is 1.17 bits per heavy atom. The predicted octanol–water partition coefficient (Wildman–Crippen LogP) is 6.06. The van der Waals surface area contributed by atoms with Crippen molar-refractivity contribution in [1.82, 2.24) is 0 Å². The Morgan fingerprint density at radius 3 is 2.33 bits per heavy atom. The van der Waals surface area contributed by atoms with Crippen LogP contribution in [0.1, 0.15) is 52.9 Å². The molecule has 2 saturated carbocycles. The van der Waals surface area contributed by atoms with Gasteiger partial charge in [-0.1, -0.05) is 57.9 Å². The van der Waals surface area contributed by atoms with Crippen molar-refractivity contribution >= 4 is 43.5 Å². The maximum absolute atomic E-state index is 6.61. The van der Waals surface area contributed by atoms with Crippen LogP contribution in [0.25, 0.3) is 0 Å². The second-order valence-electron chi connectivity index (χ2n) is 6.86. The monoisotopic (exact) mass is 396 g/mol. The first-order valence-corrected chi connectivity index (χ1v) is 9.00. The molecule has 0 N–H and O–H groups in total. The number of halogens is 3. The van der Waals surface area contributed by atoms with Gasteiger partial charge in [0.15, 0.2) is 0 Å². The quantitative estimate of drug-likeness (QED) is 0.344. The van der Waals surface area contributed by atoms with Crippen LogP contribution in [0.2, 0.25) is 0 Å². The molecule has 0 radical (unpaired) electrons. The Labute approximate surface area is 133 Å². The molecule has 0 saturated heterocycles. The van der Waals surface area contributed by atoms with Crippen molar-refractivity contribution in [2.75, 3.05) is 0 Å². The van der Waals surface area contributed by atoms with E-state index in [-0.39, 0.29) is 15.7 Å². The molecule has 0 aromatic carbocycles. The summed E-state index contributed by atoms with van der Waals surface area (Å²) in [5.41, 5.74) is 1.93. The van der Waals surface area contributed by atoms with E-state index in [1.54, 1.807) is 0 Å². The van der Waals surface area contributed by atoms with Crippen LogP contribution in [0.15, 0.2) is 12.2 Å². The molecule has 2 aliphatic rings. The summed E-state index contributed by atoms with van der Waals surface area (Å²) in [6, 6.07) is 0. The highest BCUT2D eigenvalue weighted by Crippen LogP contribution is 2.64. The van der Waals surface area contributed by atoms with Crippen molar-refractivity contribution in [3.05, 3.63) is 12.2 Å². The SMILES string of the molecule is C=C1CCC(Br)C(C)(C)C12CCC(C)(Cl)C(Br)C2. The molecule has 4 unspecified atom stereocenters. The van der Waals surface area contributed by atoms with Gasteiger partial charge in [-0.15, -0.1) is 11.6 Å². The van der Waals surface area contributed by atoms with Crippen LogP contribution < -0.4 is 0 Å². The van der Waals surface area contributed by atoms with Gasteiger partial charge in [-0.05, 0) is 49.9 Å². The molecule has 2 fully saturated rings. The van der Waals surface area contributed by atoms with Gasteiger partial charge in [-0.2, -0.15) is 0 Å². The minimum absolute atomic E-state index is 0.110. The molecule has 18 heavy (non-hydrogen) atoms. The summed E-state index contributed by atoms with van der Waals surface area (Å²) < 4.78 is 0. The molecule has 1 spiro atoms. The fourth-order valence-corrected chi connectivity index (χ4v) is 5.42. The van der Waals surface area contributed by atoms with Gasteiger partial charge in [-0.3, -0.25) is 0 Å². The lowest BCUT2D eigenvalue weighted by molar-refractivity contribution is 0.0343. The van der Waals surface area contributed by atoms with E-state index in [0.29, 0.717) is 9.65 Å². The second-order valence-corrected chi connectivity index (χ2v) is 9.94. The third-order valence-corrected chi connectivity index (χ3v) is 9.27. The van der Waals surface area contributed by atoms with Crippen LogP contribution >= 0.6 is 43.5 Å². The van der Waals surface area contributed by atoms with Crippen molar-refractivity contribution < 1.29 is 0 Å². The average Bonchev–Trinajstić information content (AvgIpc) is 2.27. The van der Waals surface area contributed by atoms with Gasteiger partial charge in [0.2, 0.25) is 0 Å². The number of alkyl halides is 3. The average molecular weight is 399 g/mol. The summed E-state index contributed by atoms with van der Waals surface area (Å²) >= 11 is 14.4. The standard InChI is InChI=1S/C15H23Br2Cl/c1-10-5-6-11(16)13(2,3)15(10)8-7-14(4,18)12(17)9-15/h11-12H,1,5-9H2,2-4H3. The van der Waals surface area contributed by atoms with Crippen LogP contribution in [0.3, 0.4) is 0 Å². The third-order valence-electron chi connectivity index (χ3n) is 5.61. The number of allylic oxidation sites excluding steroid dienone is 1.